The van der Waals surface area contributed by atoms with Crippen molar-refractivity contribution in [1.29, 1.82) is 0 Å². The first-order valence-electron chi connectivity index (χ1n) is 7.96. The lowest BCUT2D eigenvalue weighted by Crippen LogP contribution is -2.32. The van der Waals surface area contributed by atoms with Crippen LogP contribution in [0.1, 0.15) is 17.5 Å². The highest BCUT2D eigenvalue weighted by atomic mass is 19.1. The highest BCUT2D eigenvalue weighted by molar-refractivity contribution is 5.89. The van der Waals surface area contributed by atoms with Gasteiger partial charge in [0.15, 0.2) is 0 Å². The lowest BCUT2D eigenvalue weighted by atomic mass is 10.1. The Balaban J connectivity index is 1.56. The van der Waals surface area contributed by atoms with Crippen LogP contribution in [0.2, 0.25) is 0 Å². The zero-order valence-electron chi connectivity index (χ0n) is 13.2. The lowest BCUT2D eigenvalue weighted by molar-refractivity contribution is -0.129. The molecule has 1 saturated heterocycles. The van der Waals surface area contributed by atoms with Crippen LogP contribution in [0, 0.1) is 11.7 Å². The van der Waals surface area contributed by atoms with Gasteiger partial charge in [-0.2, -0.15) is 0 Å². The molecule has 1 heterocycles. The topological polar surface area (TPSA) is 49.4 Å². The van der Waals surface area contributed by atoms with Crippen LogP contribution >= 0.6 is 0 Å². The monoisotopic (exact) mass is 326 g/mol. The van der Waals surface area contributed by atoms with Gasteiger partial charge in [0, 0.05) is 31.6 Å². The van der Waals surface area contributed by atoms with Crippen LogP contribution in [0.3, 0.4) is 0 Å². The second-order valence-corrected chi connectivity index (χ2v) is 5.97. The molecule has 1 unspecified atom stereocenters. The van der Waals surface area contributed by atoms with Crippen molar-refractivity contribution >= 4 is 11.8 Å². The highest BCUT2D eigenvalue weighted by Gasteiger charge is 2.34. The largest absolute Gasteiger partial charge is 0.352 e. The number of hydrogen-bond donors (Lipinski definition) is 1. The summed E-state index contributed by atoms with van der Waals surface area (Å²) in [7, 11) is 0. The number of rotatable bonds is 5. The molecule has 0 radical (unpaired) electrons. The molecule has 124 valence electrons. The predicted octanol–water partition coefficient (Wildman–Crippen LogP) is 2.49. The van der Waals surface area contributed by atoms with Gasteiger partial charge in [0.1, 0.15) is 5.82 Å². The third-order valence-electron chi connectivity index (χ3n) is 4.21. The van der Waals surface area contributed by atoms with Gasteiger partial charge in [-0.15, -0.1) is 0 Å². The van der Waals surface area contributed by atoms with E-state index in [1.54, 1.807) is 23.1 Å². The zero-order chi connectivity index (χ0) is 16.9. The molecule has 1 N–H and O–H groups in total. The molecule has 2 aromatic rings. The van der Waals surface area contributed by atoms with E-state index in [9.17, 15) is 14.0 Å². The van der Waals surface area contributed by atoms with Crippen molar-refractivity contribution in [3.05, 3.63) is 71.5 Å². The molecule has 0 aliphatic carbocycles. The Morgan fingerprint density at radius 3 is 2.58 bits per heavy atom. The highest BCUT2D eigenvalue weighted by Crippen LogP contribution is 2.21. The summed E-state index contributed by atoms with van der Waals surface area (Å²) in [4.78, 5) is 25.9. The van der Waals surface area contributed by atoms with Crippen molar-refractivity contribution in [3.8, 4) is 0 Å². The summed E-state index contributed by atoms with van der Waals surface area (Å²) in [5.41, 5.74) is 1.48. The van der Waals surface area contributed by atoms with Crippen LogP contribution in [0.15, 0.2) is 54.6 Å². The molecule has 0 spiro atoms. The van der Waals surface area contributed by atoms with Gasteiger partial charge in [0.05, 0.1) is 5.92 Å². The molecule has 5 heteroatoms. The number of likely N-dealkylation sites (tertiary alicyclic amines) is 1. The average Bonchev–Trinajstić information content (AvgIpc) is 2.96. The molecular formula is C19H19FN2O2. The molecule has 1 fully saturated rings. The standard InChI is InChI=1S/C19H19FN2O2/c20-17-9-5-4-8-15(17)12-22-13-16(10-18(22)23)19(24)21-11-14-6-2-1-3-7-14/h1-9,16H,10-13H2,(H,21,24). The van der Waals surface area contributed by atoms with Gasteiger partial charge in [-0.1, -0.05) is 48.5 Å². The minimum atomic E-state index is -0.381. The zero-order valence-corrected chi connectivity index (χ0v) is 13.2. The van der Waals surface area contributed by atoms with Crippen LogP contribution in [0.5, 0.6) is 0 Å². The number of carbonyl (C=O) groups is 2. The van der Waals surface area contributed by atoms with Gasteiger partial charge in [-0.25, -0.2) is 4.39 Å². The summed E-state index contributed by atoms with van der Waals surface area (Å²) >= 11 is 0. The second-order valence-electron chi connectivity index (χ2n) is 5.97. The fourth-order valence-electron chi connectivity index (χ4n) is 2.86. The van der Waals surface area contributed by atoms with Crippen LogP contribution < -0.4 is 5.32 Å². The maximum atomic E-state index is 13.7. The van der Waals surface area contributed by atoms with E-state index in [0.717, 1.165) is 5.56 Å². The Morgan fingerprint density at radius 2 is 1.83 bits per heavy atom. The van der Waals surface area contributed by atoms with Gasteiger partial charge < -0.3 is 10.2 Å². The van der Waals surface area contributed by atoms with Gasteiger partial charge in [-0.05, 0) is 11.6 Å². The van der Waals surface area contributed by atoms with Crippen molar-refractivity contribution in [2.45, 2.75) is 19.5 Å². The molecule has 0 aromatic heterocycles. The van der Waals surface area contributed by atoms with E-state index in [-0.39, 0.29) is 36.5 Å². The molecule has 1 aliphatic heterocycles. The molecule has 2 amide bonds. The van der Waals surface area contributed by atoms with Crippen molar-refractivity contribution < 1.29 is 14.0 Å². The number of nitrogens with one attached hydrogen (secondary N) is 1. The average molecular weight is 326 g/mol. The minimum absolute atomic E-state index is 0.113. The van der Waals surface area contributed by atoms with Crippen LogP contribution in [-0.4, -0.2) is 23.3 Å². The maximum Gasteiger partial charge on any atom is 0.225 e. The van der Waals surface area contributed by atoms with Crippen molar-refractivity contribution in [3.63, 3.8) is 0 Å². The number of nitrogens with zero attached hydrogens (tertiary/aromatic N) is 1. The maximum absolute atomic E-state index is 13.7. The summed E-state index contributed by atoms with van der Waals surface area (Å²) in [6, 6.07) is 16.0. The van der Waals surface area contributed by atoms with E-state index in [4.69, 9.17) is 0 Å². The molecule has 24 heavy (non-hydrogen) atoms. The number of benzene rings is 2. The molecule has 0 bridgehead atoms. The van der Waals surface area contributed by atoms with Crippen molar-refractivity contribution in [2.75, 3.05) is 6.54 Å². The summed E-state index contributed by atoms with van der Waals surface area (Å²) in [6.45, 7) is 0.972. The molecule has 1 atom stereocenters. The Labute approximate surface area is 140 Å². The van der Waals surface area contributed by atoms with Gasteiger partial charge in [0.25, 0.3) is 0 Å². The van der Waals surface area contributed by atoms with Crippen LogP contribution in [-0.2, 0) is 22.7 Å². The third kappa shape index (κ3) is 3.79. The van der Waals surface area contributed by atoms with Crippen molar-refractivity contribution in [1.82, 2.24) is 10.2 Å². The Bertz CT molecular complexity index is 733. The normalized spacial score (nSPS) is 17.1. The molecule has 2 aromatic carbocycles. The van der Waals surface area contributed by atoms with Gasteiger partial charge >= 0.3 is 0 Å². The first-order valence-corrected chi connectivity index (χ1v) is 7.96. The van der Waals surface area contributed by atoms with E-state index >= 15 is 0 Å². The van der Waals surface area contributed by atoms with Crippen molar-refractivity contribution in [2.24, 2.45) is 5.92 Å². The third-order valence-corrected chi connectivity index (χ3v) is 4.21. The Hall–Kier alpha value is -2.69. The molecule has 4 nitrogen and oxygen atoms in total. The smallest absolute Gasteiger partial charge is 0.225 e. The number of halogens is 1. The number of hydrogen-bond acceptors (Lipinski definition) is 2. The summed E-state index contributed by atoms with van der Waals surface area (Å²) in [5.74, 6) is -0.961. The van der Waals surface area contributed by atoms with E-state index in [0.29, 0.717) is 18.7 Å². The van der Waals surface area contributed by atoms with E-state index < -0.39 is 0 Å². The fraction of sp³-hybridized carbons (Fsp3) is 0.263. The van der Waals surface area contributed by atoms with Crippen LogP contribution in [0.4, 0.5) is 4.39 Å². The first-order chi connectivity index (χ1) is 11.6. The summed E-state index contributed by atoms with van der Waals surface area (Å²) < 4.78 is 13.7. The lowest BCUT2D eigenvalue weighted by Gasteiger charge is -2.17. The summed E-state index contributed by atoms with van der Waals surface area (Å²) in [6.07, 6.45) is 0.176. The second kappa shape index (κ2) is 7.25. The summed E-state index contributed by atoms with van der Waals surface area (Å²) in [5, 5.41) is 2.87. The first kappa shape index (κ1) is 16.2. The SMILES string of the molecule is O=C(NCc1ccccc1)C1CC(=O)N(Cc2ccccc2F)C1. The van der Waals surface area contributed by atoms with E-state index in [1.807, 2.05) is 30.3 Å². The number of amides is 2. The molecule has 0 saturated carbocycles. The van der Waals surface area contributed by atoms with E-state index in [1.165, 1.54) is 6.07 Å². The van der Waals surface area contributed by atoms with Gasteiger partial charge in [0.2, 0.25) is 11.8 Å². The molecule has 1 aliphatic rings. The Morgan fingerprint density at radius 1 is 1.12 bits per heavy atom. The van der Waals surface area contributed by atoms with E-state index in [2.05, 4.69) is 5.32 Å². The Kier molecular flexibility index (Phi) is 4.89. The quantitative estimate of drug-likeness (QED) is 0.918. The predicted molar refractivity (Wildman–Crippen MR) is 88.2 cm³/mol. The molecule has 3 rings (SSSR count). The van der Waals surface area contributed by atoms with Gasteiger partial charge in [-0.3, -0.25) is 9.59 Å². The minimum Gasteiger partial charge on any atom is -0.352 e. The van der Waals surface area contributed by atoms with Crippen LogP contribution in [0.25, 0.3) is 0 Å². The molecular weight excluding hydrogens is 307 g/mol. The fourth-order valence-corrected chi connectivity index (χ4v) is 2.86. The number of carbonyl (C=O) groups excluding carboxylic acids is 2.